The van der Waals surface area contributed by atoms with Gasteiger partial charge in [-0.1, -0.05) is 19.1 Å². The number of likely N-dealkylation sites (tertiary alicyclic amines) is 1. The van der Waals surface area contributed by atoms with Gasteiger partial charge < -0.3 is 19.7 Å². The Labute approximate surface area is 125 Å². The van der Waals surface area contributed by atoms with Gasteiger partial charge in [-0.25, -0.2) is 0 Å². The third-order valence-corrected chi connectivity index (χ3v) is 4.08. The average Bonchev–Trinajstić information content (AvgIpc) is 2.55. The lowest BCUT2D eigenvalue weighted by molar-refractivity contribution is -0.142. The minimum atomic E-state index is -0.518. The van der Waals surface area contributed by atoms with E-state index in [4.69, 9.17) is 9.47 Å². The molecular weight excluding hydrogens is 268 g/mol. The largest absolute Gasteiger partial charge is 0.485 e. The monoisotopic (exact) mass is 290 g/mol. The van der Waals surface area contributed by atoms with Gasteiger partial charge in [0.1, 0.15) is 6.61 Å². The molecule has 0 spiro atoms. The number of carbonyl (C=O) groups excluding carboxylic acids is 1. The molecule has 3 rings (SSSR count). The van der Waals surface area contributed by atoms with Crippen LogP contribution in [-0.2, 0) is 4.79 Å². The predicted octanol–water partition coefficient (Wildman–Crippen LogP) is 1.43. The number of nitrogens with zero attached hydrogens (tertiary/aromatic N) is 1. The van der Waals surface area contributed by atoms with E-state index in [2.05, 4.69) is 12.2 Å². The molecule has 1 aromatic carbocycles. The van der Waals surface area contributed by atoms with E-state index in [9.17, 15) is 4.79 Å². The number of rotatable bonds is 3. The zero-order valence-corrected chi connectivity index (χ0v) is 12.4. The fourth-order valence-electron chi connectivity index (χ4n) is 2.94. The first kappa shape index (κ1) is 14.2. The third-order valence-electron chi connectivity index (χ3n) is 4.08. The Balaban J connectivity index is 1.57. The molecule has 0 aliphatic carbocycles. The minimum absolute atomic E-state index is 0.0412. The van der Waals surface area contributed by atoms with Crippen molar-refractivity contribution in [3.05, 3.63) is 24.3 Å². The highest BCUT2D eigenvalue weighted by atomic mass is 16.6. The number of nitrogens with one attached hydrogen (secondary N) is 1. The Hall–Kier alpha value is -1.75. The van der Waals surface area contributed by atoms with Crippen LogP contribution in [0.15, 0.2) is 24.3 Å². The number of hydrogen-bond donors (Lipinski definition) is 1. The van der Waals surface area contributed by atoms with Crippen LogP contribution in [0.5, 0.6) is 11.5 Å². The average molecular weight is 290 g/mol. The van der Waals surface area contributed by atoms with Crippen LogP contribution in [0.25, 0.3) is 0 Å². The summed E-state index contributed by atoms with van der Waals surface area (Å²) >= 11 is 0. The van der Waals surface area contributed by atoms with Gasteiger partial charge >= 0.3 is 0 Å². The first-order valence-electron chi connectivity index (χ1n) is 7.68. The van der Waals surface area contributed by atoms with Crippen LogP contribution >= 0.6 is 0 Å². The van der Waals surface area contributed by atoms with Crippen LogP contribution < -0.4 is 14.8 Å². The van der Waals surface area contributed by atoms with E-state index in [1.54, 1.807) is 0 Å². The molecule has 1 aromatic rings. The highest BCUT2D eigenvalue weighted by Crippen LogP contribution is 2.31. The van der Waals surface area contributed by atoms with Crippen molar-refractivity contribution in [3.8, 4) is 11.5 Å². The number of fused-ring (bicyclic) bond motifs is 1. The van der Waals surface area contributed by atoms with Crippen LogP contribution in [-0.4, -0.2) is 49.2 Å². The predicted molar refractivity (Wildman–Crippen MR) is 79.6 cm³/mol. The first-order valence-corrected chi connectivity index (χ1v) is 7.68. The molecule has 114 valence electrons. The summed E-state index contributed by atoms with van der Waals surface area (Å²) in [7, 11) is 0. The van der Waals surface area contributed by atoms with E-state index in [0.717, 1.165) is 32.5 Å². The van der Waals surface area contributed by atoms with Gasteiger partial charge in [0.05, 0.1) is 0 Å². The molecule has 0 bridgehead atoms. The number of carbonyl (C=O) groups is 1. The zero-order valence-electron chi connectivity index (χ0n) is 12.4. The maximum atomic E-state index is 12.5. The van der Waals surface area contributed by atoms with Gasteiger partial charge in [-0.15, -0.1) is 0 Å². The van der Waals surface area contributed by atoms with Crippen LogP contribution in [0.4, 0.5) is 0 Å². The van der Waals surface area contributed by atoms with Crippen molar-refractivity contribution < 1.29 is 14.3 Å². The SMILES string of the molecule is CCNC1CCN(C(=O)C2COc3ccccc3O2)CC1. The van der Waals surface area contributed by atoms with Crippen molar-refractivity contribution in [1.82, 2.24) is 10.2 Å². The highest BCUT2D eigenvalue weighted by Gasteiger charge is 2.32. The number of amides is 1. The molecule has 0 aromatic heterocycles. The lowest BCUT2D eigenvalue weighted by atomic mass is 10.0. The van der Waals surface area contributed by atoms with Crippen molar-refractivity contribution in [2.75, 3.05) is 26.2 Å². The lowest BCUT2D eigenvalue weighted by Crippen LogP contribution is -2.51. The number of benzene rings is 1. The van der Waals surface area contributed by atoms with E-state index < -0.39 is 6.10 Å². The summed E-state index contributed by atoms with van der Waals surface area (Å²) in [4.78, 5) is 14.4. The van der Waals surface area contributed by atoms with E-state index in [0.29, 0.717) is 24.1 Å². The van der Waals surface area contributed by atoms with Gasteiger partial charge in [0.25, 0.3) is 5.91 Å². The maximum absolute atomic E-state index is 12.5. The Morgan fingerprint density at radius 2 is 2.00 bits per heavy atom. The second-order valence-electron chi connectivity index (χ2n) is 5.52. The Morgan fingerprint density at radius 3 is 2.71 bits per heavy atom. The van der Waals surface area contributed by atoms with Gasteiger partial charge in [0, 0.05) is 19.1 Å². The summed E-state index contributed by atoms with van der Waals surface area (Å²) < 4.78 is 11.4. The Morgan fingerprint density at radius 1 is 1.29 bits per heavy atom. The minimum Gasteiger partial charge on any atom is -0.485 e. The number of para-hydroxylation sites is 2. The van der Waals surface area contributed by atoms with Crippen LogP contribution in [0, 0.1) is 0 Å². The summed E-state index contributed by atoms with van der Waals surface area (Å²) in [6.45, 7) is 4.97. The van der Waals surface area contributed by atoms with Crippen molar-refractivity contribution in [2.24, 2.45) is 0 Å². The summed E-state index contributed by atoms with van der Waals surface area (Å²) in [6, 6.07) is 8.01. The Bertz CT molecular complexity index is 498. The second kappa shape index (κ2) is 6.35. The molecule has 1 atom stereocenters. The standard InChI is InChI=1S/C16H22N2O3/c1-2-17-12-7-9-18(10-8-12)16(19)15-11-20-13-5-3-4-6-14(13)21-15/h3-6,12,15,17H,2,7-11H2,1H3. The molecular formula is C16H22N2O3. The molecule has 0 saturated carbocycles. The highest BCUT2D eigenvalue weighted by molar-refractivity contribution is 5.82. The molecule has 1 amide bonds. The van der Waals surface area contributed by atoms with Crippen molar-refractivity contribution in [1.29, 1.82) is 0 Å². The molecule has 2 aliphatic heterocycles. The zero-order chi connectivity index (χ0) is 14.7. The molecule has 5 nitrogen and oxygen atoms in total. The fourth-order valence-corrected chi connectivity index (χ4v) is 2.94. The summed E-state index contributed by atoms with van der Waals surface area (Å²) in [6.07, 6.45) is 1.49. The van der Waals surface area contributed by atoms with Crippen LogP contribution in [0.2, 0.25) is 0 Å². The molecule has 21 heavy (non-hydrogen) atoms. The fraction of sp³-hybridized carbons (Fsp3) is 0.562. The van der Waals surface area contributed by atoms with E-state index in [-0.39, 0.29) is 5.91 Å². The second-order valence-corrected chi connectivity index (χ2v) is 5.52. The van der Waals surface area contributed by atoms with E-state index in [1.807, 2.05) is 29.2 Å². The van der Waals surface area contributed by atoms with Gasteiger partial charge in [-0.05, 0) is 31.5 Å². The van der Waals surface area contributed by atoms with Crippen molar-refractivity contribution in [3.63, 3.8) is 0 Å². The number of piperidine rings is 1. The van der Waals surface area contributed by atoms with Crippen molar-refractivity contribution >= 4 is 5.91 Å². The molecule has 0 radical (unpaired) electrons. The molecule has 2 aliphatic rings. The lowest BCUT2D eigenvalue weighted by Gasteiger charge is -2.35. The number of ether oxygens (including phenoxy) is 2. The smallest absolute Gasteiger partial charge is 0.267 e. The molecule has 1 unspecified atom stereocenters. The summed E-state index contributed by atoms with van der Waals surface area (Å²) in [5, 5.41) is 3.44. The maximum Gasteiger partial charge on any atom is 0.267 e. The first-order chi connectivity index (χ1) is 10.3. The molecule has 1 N–H and O–H groups in total. The Kier molecular flexibility index (Phi) is 4.29. The topological polar surface area (TPSA) is 50.8 Å². The quantitative estimate of drug-likeness (QED) is 0.915. The van der Waals surface area contributed by atoms with Gasteiger partial charge in [-0.2, -0.15) is 0 Å². The van der Waals surface area contributed by atoms with Crippen molar-refractivity contribution in [2.45, 2.75) is 31.9 Å². The van der Waals surface area contributed by atoms with Crippen LogP contribution in [0.3, 0.4) is 0 Å². The molecule has 5 heteroatoms. The van der Waals surface area contributed by atoms with Gasteiger partial charge in [0.15, 0.2) is 11.5 Å². The normalized spacial score (nSPS) is 22.1. The molecule has 1 fully saturated rings. The van der Waals surface area contributed by atoms with E-state index in [1.165, 1.54) is 0 Å². The summed E-state index contributed by atoms with van der Waals surface area (Å²) in [5.41, 5.74) is 0. The molecule has 2 heterocycles. The van der Waals surface area contributed by atoms with Gasteiger partial charge in [0.2, 0.25) is 6.10 Å². The van der Waals surface area contributed by atoms with Gasteiger partial charge in [-0.3, -0.25) is 4.79 Å². The van der Waals surface area contributed by atoms with Crippen LogP contribution in [0.1, 0.15) is 19.8 Å². The summed E-state index contributed by atoms with van der Waals surface area (Å²) in [5.74, 6) is 1.41. The number of hydrogen-bond acceptors (Lipinski definition) is 4. The van der Waals surface area contributed by atoms with E-state index >= 15 is 0 Å². The third kappa shape index (κ3) is 3.13. The molecule has 1 saturated heterocycles.